The number of hydrogen-bond acceptors (Lipinski definition) is 2. The first kappa shape index (κ1) is 13.1. The fraction of sp³-hybridized carbons (Fsp3) is 0.133. The van der Waals surface area contributed by atoms with Crippen molar-refractivity contribution in [2.45, 2.75) is 13.0 Å². The van der Waals surface area contributed by atoms with E-state index in [1.54, 1.807) is 12.1 Å². The minimum absolute atomic E-state index is 0.394. The Morgan fingerprint density at radius 3 is 2.58 bits per heavy atom. The molecule has 0 aliphatic carbocycles. The zero-order valence-corrected chi connectivity index (χ0v) is 10.6. The predicted molar refractivity (Wildman–Crippen MR) is 73.1 cm³/mol. The van der Waals surface area contributed by atoms with Crippen LogP contribution in [0.15, 0.2) is 48.5 Å². The molecule has 0 radical (unpaired) electrons. The molecule has 0 heterocycles. The molecule has 0 saturated carbocycles. The first-order chi connectivity index (χ1) is 9.06. The van der Waals surface area contributed by atoms with Crippen molar-refractivity contribution < 1.29 is 9.18 Å². The van der Waals surface area contributed by atoms with Crippen molar-refractivity contribution in [3.05, 3.63) is 65.5 Å². The van der Waals surface area contributed by atoms with Crippen LogP contribution in [-0.2, 0) is 4.79 Å². The zero-order valence-electron chi connectivity index (χ0n) is 10.6. The van der Waals surface area contributed by atoms with Gasteiger partial charge in [-0.25, -0.2) is 4.39 Å². The molecule has 0 bridgehead atoms. The molecular formula is C15H15FN2O. The van der Waals surface area contributed by atoms with Gasteiger partial charge in [0.15, 0.2) is 0 Å². The summed E-state index contributed by atoms with van der Waals surface area (Å²) in [6, 6.07) is 12.7. The zero-order chi connectivity index (χ0) is 13.8. The average molecular weight is 258 g/mol. The van der Waals surface area contributed by atoms with Gasteiger partial charge in [0, 0.05) is 5.69 Å². The molecule has 1 amide bonds. The molecule has 4 heteroatoms. The van der Waals surface area contributed by atoms with Crippen LogP contribution in [0, 0.1) is 12.7 Å². The highest BCUT2D eigenvalue weighted by Gasteiger charge is 2.18. The van der Waals surface area contributed by atoms with Gasteiger partial charge >= 0.3 is 0 Å². The summed E-state index contributed by atoms with van der Waals surface area (Å²) in [5.74, 6) is -0.943. The quantitative estimate of drug-likeness (QED) is 0.886. The van der Waals surface area contributed by atoms with E-state index in [1.165, 1.54) is 12.1 Å². The van der Waals surface area contributed by atoms with Crippen LogP contribution in [0.2, 0.25) is 0 Å². The normalized spacial score (nSPS) is 11.9. The van der Waals surface area contributed by atoms with E-state index in [-0.39, 0.29) is 0 Å². The number of nitrogens with two attached hydrogens (primary N) is 1. The van der Waals surface area contributed by atoms with Crippen LogP contribution in [0.3, 0.4) is 0 Å². The number of nitrogens with one attached hydrogen (secondary N) is 1. The minimum Gasteiger partial charge on any atom is -0.370 e. The van der Waals surface area contributed by atoms with E-state index >= 15 is 0 Å². The van der Waals surface area contributed by atoms with E-state index in [1.807, 2.05) is 31.2 Å². The summed E-state index contributed by atoms with van der Waals surface area (Å²) in [6.45, 7) is 1.95. The first-order valence-electron chi connectivity index (χ1n) is 5.94. The van der Waals surface area contributed by atoms with Gasteiger partial charge in [-0.2, -0.15) is 0 Å². The average Bonchev–Trinajstić information content (AvgIpc) is 2.35. The van der Waals surface area contributed by atoms with E-state index in [9.17, 15) is 9.18 Å². The highest BCUT2D eigenvalue weighted by atomic mass is 19.1. The third-order valence-electron chi connectivity index (χ3n) is 2.80. The van der Waals surface area contributed by atoms with Crippen molar-refractivity contribution >= 4 is 11.6 Å². The molecule has 3 N–H and O–H groups in total. The highest BCUT2D eigenvalue weighted by molar-refractivity contribution is 5.84. The smallest absolute Gasteiger partial charge is 0.244 e. The maximum Gasteiger partial charge on any atom is 0.244 e. The third kappa shape index (κ3) is 3.31. The number of amides is 1. The Morgan fingerprint density at radius 1 is 1.21 bits per heavy atom. The van der Waals surface area contributed by atoms with E-state index in [4.69, 9.17) is 5.73 Å². The molecule has 1 atom stereocenters. The van der Waals surface area contributed by atoms with Gasteiger partial charge in [-0.3, -0.25) is 4.79 Å². The van der Waals surface area contributed by atoms with Gasteiger partial charge in [-0.15, -0.1) is 0 Å². The highest BCUT2D eigenvalue weighted by Crippen LogP contribution is 2.20. The summed E-state index contributed by atoms with van der Waals surface area (Å²) in [5.41, 5.74) is 7.72. The van der Waals surface area contributed by atoms with Crippen LogP contribution in [0.1, 0.15) is 17.2 Å². The van der Waals surface area contributed by atoms with Crippen molar-refractivity contribution in [1.82, 2.24) is 0 Å². The fourth-order valence-electron chi connectivity index (χ4n) is 1.91. The number of aryl methyl sites for hydroxylation is 1. The molecule has 0 saturated heterocycles. The second-order valence-electron chi connectivity index (χ2n) is 4.40. The molecule has 0 spiro atoms. The molecule has 0 aliphatic heterocycles. The molecule has 1 unspecified atom stereocenters. The van der Waals surface area contributed by atoms with Crippen molar-refractivity contribution in [3.63, 3.8) is 0 Å². The molecule has 2 aromatic carbocycles. The lowest BCUT2D eigenvalue weighted by Crippen LogP contribution is -2.27. The summed E-state index contributed by atoms with van der Waals surface area (Å²) in [7, 11) is 0. The molecule has 19 heavy (non-hydrogen) atoms. The van der Waals surface area contributed by atoms with Crippen LogP contribution in [0.5, 0.6) is 0 Å². The molecule has 0 fully saturated rings. The number of carbonyl (C=O) groups is 1. The van der Waals surface area contributed by atoms with E-state index in [2.05, 4.69) is 5.32 Å². The maximum atomic E-state index is 13.2. The number of hydrogen-bond donors (Lipinski definition) is 2. The van der Waals surface area contributed by atoms with Gasteiger partial charge in [-0.1, -0.05) is 24.3 Å². The molecule has 0 aliphatic rings. The Labute approximate surface area is 111 Å². The SMILES string of the molecule is Cc1cccc(NC(C(N)=O)c2cccc(F)c2)c1. The van der Waals surface area contributed by atoms with Crippen LogP contribution in [-0.4, -0.2) is 5.91 Å². The van der Waals surface area contributed by atoms with Gasteiger partial charge < -0.3 is 11.1 Å². The summed E-state index contributed by atoms with van der Waals surface area (Å²) in [5, 5.41) is 3.02. The van der Waals surface area contributed by atoms with Gasteiger partial charge in [0.05, 0.1) is 0 Å². The Bertz CT molecular complexity index is 598. The Hall–Kier alpha value is -2.36. The van der Waals surface area contributed by atoms with Gasteiger partial charge in [0.1, 0.15) is 11.9 Å². The van der Waals surface area contributed by atoms with Crippen molar-refractivity contribution in [3.8, 4) is 0 Å². The van der Waals surface area contributed by atoms with E-state index < -0.39 is 17.8 Å². The lowest BCUT2D eigenvalue weighted by Gasteiger charge is -2.17. The van der Waals surface area contributed by atoms with Gasteiger partial charge in [-0.05, 0) is 42.3 Å². The number of halogens is 1. The standard InChI is InChI=1S/C15H15FN2O/c1-10-4-2-7-13(8-10)18-14(15(17)19)11-5-3-6-12(16)9-11/h2-9,14,18H,1H3,(H2,17,19). The summed E-state index contributed by atoms with van der Waals surface area (Å²) in [6.07, 6.45) is 0. The minimum atomic E-state index is -0.752. The molecule has 98 valence electrons. The monoisotopic (exact) mass is 258 g/mol. The lowest BCUT2D eigenvalue weighted by atomic mass is 10.1. The number of anilines is 1. The van der Waals surface area contributed by atoms with Crippen LogP contribution in [0.25, 0.3) is 0 Å². The second kappa shape index (κ2) is 5.52. The molecule has 3 nitrogen and oxygen atoms in total. The fourth-order valence-corrected chi connectivity index (χ4v) is 1.91. The van der Waals surface area contributed by atoms with E-state index in [0.717, 1.165) is 11.3 Å². The lowest BCUT2D eigenvalue weighted by molar-refractivity contribution is -0.118. The van der Waals surface area contributed by atoms with Gasteiger partial charge in [0.2, 0.25) is 5.91 Å². The largest absolute Gasteiger partial charge is 0.370 e. The summed E-state index contributed by atoms with van der Waals surface area (Å²) < 4.78 is 13.2. The topological polar surface area (TPSA) is 55.1 Å². The molecule has 0 aromatic heterocycles. The number of carbonyl (C=O) groups excluding carboxylic acids is 1. The molecule has 2 aromatic rings. The van der Waals surface area contributed by atoms with Crippen LogP contribution >= 0.6 is 0 Å². The molecular weight excluding hydrogens is 243 g/mol. The number of rotatable bonds is 4. The second-order valence-corrected chi connectivity index (χ2v) is 4.40. The third-order valence-corrected chi connectivity index (χ3v) is 2.80. The number of benzene rings is 2. The van der Waals surface area contributed by atoms with Crippen molar-refractivity contribution in [1.29, 1.82) is 0 Å². The van der Waals surface area contributed by atoms with Crippen LogP contribution in [0.4, 0.5) is 10.1 Å². The van der Waals surface area contributed by atoms with Crippen molar-refractivity contribution in [2.75, 3.05) is 5.32 Å². The summed E-state index contributed by atoms with van der Waals surface area (Å²) >= 11 is 0. The first-order valence-corrected chi connectivity index (χ1v) is 5.94. The summed E-state index contributed by atoms with van der Waals surface area (Å²) in [4.78, 5) is 11.5. The maximum absolute atomic E-state index is 13.2. The Kier molecular flexibility index (Phi) is 3.80. The molecule has 2 rings (SSSR count). The number of primary amides is 1. The van der Waals surface area contributed by atoms with E-state index in [0.29, 0.717) is 5.56 Å². The Balaban J connectivity index is 2.29. The van der Waals surface area contributed by atoms with Crippen LogP contribution < -0.4 is 11.1 Å². The van der Waals surface area contributed by atoms with Crippen molar-refractivity contribution in [2.24, 2.45) is 5.73 Å². The predicted octanol–water partition coefficient (Wildman–Crippen LogP) is 2.77. The Morgan fingerprint density at radius 2 is 1.95 bits per heavy atom. The van der Waals surface area contributed by atoms with Gasteiger partial charge in [0.25, 0.3) is 0 Å².